The van der Waals surface area contributed by atoms with Gasteiger partial charge in [-0.15, -0.1) is 0 Å². The maximum absolute atomic E-state index is 11.9. The molecule has 0 spiro atoms. The van der Waals surface area contributed by atoms with Crippen molar-refractivity contribution in [3.63, 3.8) is 0 Å². The summed E-state index contributed by atoms with van der Waals surface area (Å²) >= 11 is 5.89. The van der Waals surface area contributed by atoms with E-state index in [0.29, 0.717) is 23.7 Å². The number of carboxylic acid groups (broad SMARTS) is 1. The summed E-state index contributed by atoms with van der Waals surface area (Å²) < 4.78 is 10.9. The van der Waals surface area contributed by atoms with Crippen LogP contribution in [0.25, 0.3) is 0 Å². The molecule has 0 saturated carbocycles. The zero-order chi connectivity index (χ0) is 21.6. The average molecular weight is 421 g/mol. The first kappa shape index (κ1) is 22.4. The molecule has 0 heterocycles. The highest BCUT2D eigenvalue weighted by Crippen LogP contribution is 2.29. The van der Waals surface area contributed by atoms with Crippen molar-refractivity contribution in [3.05, 3.63) is 52.5 Å². The predicted octanol–water partition coefficient (Wildman–Crippen LogP) is 3.95. The van der Waals surface area contributed by atoms with E-state index in [1.807, 2.05) is 26.8 Å². The molecule has 29 heavy (non-hydrogen) atoms. The number of ether oxygens (including phenoxy) is 2. The molecule has 7 nitrogen and oxygen atoms in total. The molecule has 2 aromatic rings. The molecular weight excluding hydrogens is 396 g/mol. The number of amides is 1. The van der Waals surface area contributed by atoms with Crippen molar-refractivity contribution in [1.82, 2.24) is 5.32 Å². The van der Waals surface area contributed by atoms with Crippen LogP contribution in [0.3, 0.4) is 0 Å². The fourth-order valence-corrected chi connectivity index (χ4v) is 2.74. The summed E-state index contributed by atoms with van der Waals surface area (Å²) in [5.74, 6) is -0.352. The van der Waals surface area contributed by atoms with Crippen LogP contribution in [0.15, 0.2) is 36.4 Å². The van der Waals surface area contributed by atoms with E-state index >= 15 is 0 Å². The molecule has 0 unspecified atom stereocenters. The van der Waals surface area contributed by atoms with E-state index in [1.54, 1.807) is 18.2 Å². The molecule has 0 radical (unpaired) electrons. The first-order chi connectivity index (χ1) is 13.6. The summed E-state index contributed by atoms with van der Waals surface area (Å²) in [6.07, 6.45) is 0. The number of anilines is 1. The number of carbonyl (C=O) groups is 2. The van der Waals surface area contributed by atoms with Crippen molar-refractivity contribution >= 4 is 29.2 Å². The second-order valence-electron chi connectivity index (χ2n) is 7.43. The van der Waals surface area contributed by atoms with Crippen LogP contribution in [0.1, 0.15) is 36.7 Å². The lowest BCUT2D eigenvalue weighted by Crippen LogP contribution is -2.43. The molecule has 0 aromatic heterocycles. The van der Waals surface area contributed by atoms with Gasteiger partial charge in [0.15, 0.2) is 18.1 Å². The van der Waals surface area contributed by atoms with Gasteiger partial charge in [-0.1, -0.05) is 17.7 Å². The molecule has 0 fully saturated rings. The van der Waals surface area contributed by atoms with Crippen LogP contribution in [0.5, 0.6) is 11.5 Å². The van der Waals surface area contributed by atoms with Gasteiger partial charge in [0, 0.05) is 17.8 Å². The Morgan fingerprint density at radius 2 is 1.83 bits per heavy atom. The quantitative estimate of drug-likeness (QED) is 0.598. The van der Waals surface area contributed by atoms with E-state index in [9.17, 15) is 9.59 Å². The predicted molar refractivity (Wildman–Crippen MR) is 112 cm³/mol. The zero-order valence-corrected chi connectivity index (χ0v) is 17.6. The number of rotatable bonds is 8. The largest absolute Gasteiger partial charge is 0.493 e. The fraction of sp³-hybridized carbons (Fsp3) is 0.333. The second-order valence-corrected chi connectivity index (χ2v) is 7.83. The van der Waals surface area contributed by atoms with E-state index in [1.165, 1.54) is 19.2 Å². The Balaban J connectivity index is 2.02. The Hall–Kier alpha value is -2.93. The molecule has 8 heteroatoms. The summed E-state index contributed by atoms with van der Waals surface area (Å²) in [6.45, 7) is 6.00. The smallest absolute Gasteiger partial charge is 0.337 e. The third kappa shape index (κ3) is 6.87. The molecule has 3 N–H and O–H groups in total. The Bertz CT molecular complexity index is 893. The van der Waals surface area contributed by atoms with Gasteiger partial charge < -0.3 is 25.2 Å². The van der Waals surface area contributed by atoms with Crippen molar-refractivity contribution in [2.75, 3.05) is 19.0 Å². The summed E-state index contributed by atoms with van der Waals surface area (Å²) in [6, 6.07) is 10.1. The highest BCUT2D eigenvalue weighted by atomic mass is 35.5. The first-order valence-corrected chi connectivity index (χ1v) is 9.34. The lowest BCUT2D eigenvalue weighted by Gasteiger charge is -2.20. The van der Waals surface area contributed by atoms with Crippen LogP contribution in [-0.2, 0) is 11.3 Å². The third-order valence-corrected chi connectivity index (χ3v) is 4.12. The lowest BCUT2D eigenvalue weighted by molar-refractivity contribution is -0.124. The van der Waals surface area contributed by atoms with E-state index in [4.69, 9.17) is 26.2 Å². The topological polar surface area (TPSA) is 96.9 Å². The first-order valence-electron chi connectivity index (χ1n) is 8.96. The van der Waals surface area contributed by atoms with Gasteiger partial charge in [0.1, 0.15) is 0 Å². The van der Waals surface area contributed by atoms with Gasteiger partial charge in [-0.05, 0) is 56.7 Å². The minimum absolute atomic E-state index is 0.0338. The van der Waals surface area contributed by atoms with Gasteiger partial charge in [-0.2, -0.15) is 0 Å². The number of halogens is 1. The van der Waals surface area contributed by atoms with Gasteiger partial charge >= 0.3 is 5.97 Å². The number of hydrogen-bond donors (Lipinski definition) is 3. The highest BCUT2D eigenvalue weighted by Gasteiger charge is 2.15. The van der Waals surface area contributed by atoms with Crippen LogP contribution >= 0.6 is 11.6 Å². The van der Waals surface area contributed by atoms with Gasteiger partial charge in [-0.3, -0.25) is 4.79 Å². The molecule has 0 aliphatic heterocycles. The Kier molecular flexibility index (Phi) is 7.34. The van der Waals surface area contributed by atoms with E-state index < -0.39 is 5.97 Å². The van der Waals surface area contributed by atoms with E-state index in [-0.39, 0.29) is 28.6 Å². The van der Waals surface area contributed by atoms with Crippen molar-refractivity contribution in [2.24, 2.45) is 0 Å². The molecule has 2 rings (SSSR count). The Labute approximate surface area is 175 Å². The number of benzene rings is 2. The second kappa shape index (κ2) is 9.52. The normalized spacial score (nSPS) is 10.9. The van der Waals surface area contributed by atoms with Crippen LogP contribution in [-0.4, -0.2) is 36.2 Å². The SMILES string of the molecule is COc1cc(CNc2ccc(Cl)c(C(=O)O)c2)ccc1OCC(=O)NC(C)(C)C. The Morgan fingerprint density at radius 1 is 1.10 bits per heavy atom. The molecule has 0 atom stereocenters. The standard InChI is InChI=1S/C21H25ClN2O5/c1-21(2,3)24-19(25)12-29-17-8-5-13(9-18(17)28-4)11-23-14-6-7-16(22)15(10-14)20(26)27/h5-10,23H,11-12H2,1-4H3,(H,24,25)(H,26,27). The molecule has 0 aliphatic rings. The van der Waals surface area contributed by atoms with E-state index in [2.05, 4.69) is 10.6 Å². The van der Waals surface area contributed by atoms with Gasteiger partial charge in [0.25, 0.3) is 5.91 Å². The van der Waals surface area contributed by atoms with Gasteiger partial charge in [0.2, 0.25) is 0 Å². The molecule has 1 amide bonds. The van der Waals surface area contributed by atoms with Gasteiger partial charge in [0.05, 0.1) is 17.7 Å². The van der Waals surface area contributed by atoms with Crippen molar-refractivity contribution in [1.29, 1.82) is 0 Å². The van der Waals surface area contributed by atoms with Crippen LogP contribution in [0, 0.1) is 0 Å². The summed E-state index contributed by atoms with van der Waals surface area (Å²) in [5, 5.41) is 15.3. The lowest BCUT2D eigenvalue weighted by atomic mass is 10.1. The summed E-state index contributed by atoms with van der Waals surface area (Å²) in [5.41, 5.74) is 1.22. The third-order valence-electron chi connectivity index (χ3n) is 3.79. The molecule has 156 valence electrons. The number of hydrogen-bond acceptors (Lipinski definition) is 5. The highest BCUT2D eigenvalue weighted by molar-refractivity contribution is 6.33. The molecule has 2 aromatic carbocycles. The van der Waals surface area contributed by atoms with E-state index in [0.717, 1.165) is 5.56 Å². The maximum atomic E-state index is 11.9. The van der Waals surface area contributed by atoms with Crippen LogP contribution in [0.4, 0.5) is 5.69 Å². The fourth-order valence-electron chi connectivity index (χ4n) is 2.54. The number of methoxy groups -OCH3 is 1. The minimum Gasteiger partial charge on any atom is -0.493 e. The number of carbonyl (C=O) groups excluding carboxylic acids is 1. The summed E-state index contributed by atoms with van der Waals surface area (Å²) in [7, 11) is 1.52. The molecule has 0 bridgehead atoms. The number of carboxylic acids is 1. The van der Waals surface area contributed by atoms with Crippen LogP contribution < -0.4 is 20.1 Å². The van der Waals surface area contributed by atoms with Crippen molar-refractivity contribution in [3.8, 4) is 11.5 Å². The summed E-state index contributed by atoms with van der Waals surface area (Å²) in [4.78, 5) is 23.1. The molecule has 0 aliphatic carbocycles. The monoisotopic (exact) mass is 420 g/mol. The number of aromatic carboxylic acids is 1. The van der Waals surface area contributed by atoms with Crippen LogP contribution in [0.2, 0.25) is 5.02 Å². The molecular formula is C21H25ClN2O5. The number of nitrogens with one attached hydrogen (secondary N) is 2. The van der Waals surface area contributed by atoms with Crippen molar-refractivity contribution in [2.45, 2.75) is 32.9 Å². The minimum atomic E-state index is -1.09. The maximum Gasteiger partial charge on any atom is 0.337 e. The molecule has 0 saturated heterocycles. The average Bonchev–Trinajstić information content (AvgIpc) is 2.64. The Morgan fingerprint density at radius 3 is 2.45 bits per heavy atom. The van der Waals surface area contributed by atoms with Crippen molar-refractivity contribution < 1.29 is 24.2 Å². The zero-order valence-electron chi connectivity index (χ0n) is 16.8. The van der Waals surface area contributed by atoms with Gasteiger partial charge in [-0.25, -0.2) is 4.79 Å².